The van der Waals surface area contributed by atoms with Crippen molar-refractivity contribution in [3.05, 3.63) is 65.7 Å². The zero-order chi connectivity index (χ0) is 19.8. The van der Waals surface area contributed by atoms with Crippen LogP contribution in [-0.4, -0.2) is 59.1 Å². The maximum Gasteiger partial charge on any atom is 0.256 e. The van der Waals surface area contributed by atoms with Crippen molar-refractivity contribution in [1.29, 1.82) is 0 Å². The molecule has 1 saturated carbocycles. The van der Waals surface area contributed by atoms with Crippen LogP contribution in [0.1, 0.15) is 29.9 Å². The van der Waals surface area contributed by atoms with Gasteiger partial charge in [0.1, 0.15) is 5.82 Å². The quantitative estimate of drug-likeness (QED) is 0.781. The van der Waals surface area contributed by atoms with Gasteiger partial charge in [-0.2, -0.15) is 0 Å². The molecule has 1 aromatic carbocycles. The van der Waals surface area contributed by atoms with Crippen LogP contribution in [0.4, 0.5) is 4.39 Å². The topological polar surface area (TPSA) is 45.7 Å². The monoisotopic (exact) mass is 395 g/mol. The van der Waals surface area contributed by atoms with Gasteiger partial charge in [-0.25, -0.2) is 4.39 Å². The average Bonchev–Trinajstić information content (AvgIpc) is 3.48. The minimum atomic E-state index is -0.865. The smallest absolute Gasteiger partial charge is 0.256 e. The van der Waals surface area contributed by atoms with Crippen molar-refractivity contribution in [3.8, 4) is 0 Å². The van der Waals surface area contributed by atoms with Crippen molar-refractivity contribution in [2.45, 2.75) is 30.9 Å². The third-order valence-electron chi connectivity index (χ3n) is 6.41. The van der Waals surface area contributed by atoms with E-state index in [2.05, 4.69) is 9.88 Å². The fourth-order valence-corrected chi connectivity index (χ4v) is 4.76. The largest absolute Gasteiger partial charge is 0.361 e. The molecule has 1 spiro atoms. The Morgan fingerprint density at radius 1 is 1.21 bits per heavy atom. The van der Waals surface area contributed by atoms with Crippen molar-refractivity contribution in [2.24, 2.45) is 5.92 Å². The molecule has 1 amide bonds. The number of likely N-dealkylation sites (tertiary alicyclic amines) is 1. The predicted molar refractivity (Wildman–Crippen MR) is 107 cm³/mol. The standard InChI is InChI=1S/C23H26FN3O2/c24-20-7-5-17(6-8-20)13-26-15-21(19-2-1-9-25-12-19)23(16-26)22(28)27(10-11-29-23)14-18-3-4-18/h1-2,5-9,12,18,21H,3-4,10-11,13-16H2. The summed E-state index contributed by atoms with van der Waals surface area (Å²) in [5.74, 6) is 0.473. The van der Waals surface area contributed by atoms with Crippen LogP contribution in [0.2, 0.25) is 0 Å². The van der Waals surface area contributed by atoms with Gasteiger partial charge in [0.15, 0.2) is 5.60 Å². The predicted octanol–water partition coefficient (Wildman–Crippen LogP) is 2.83. The summed E-state index contributed by atoms with van der Waals surface area (Å²) in [5, 5.41) is 0. The third-order valence-corrected chi connectivity index (χ3v) is 6.41. The molecule has 2 saturated heterocycles. The van der Waals surface area contributed by atoms with E-state index in [4.69, 9.17) is 4.74 Å². The second-order valence-electron chi connectivity index (χ2n) is 8.57. The van der Waals surface area contributed by atoms with Crippen molar-refractivity contribution in [3.63, 3.8) is 0 Å². The van der Waals surface area contributed by atoms with Gasteiger partial charge in [-0.15, -0.1) is 0 Å². The number of ether oxygens (including phenoxy) is 1. The Hall–Kier alpha value is -2.31. The van der Waals surface area contributed by atoms with Crippen molar-refractivity contribution < 1.29 is 13.9 Å². The van der Waals surface area contributed by atoms with E-state index < -0.39 is 5.60 Å². The van der Waals surface area contributed by atoms with Crippen LogP contribution in [0.15, 0.2) is 48.8 Å². The van der Waals surface area contributed by atoms with Gasteiger partial charge in [0.25, 0.3) is 5.91 Å². The van der Waals surface area contributed by atoms with Crippen molar-refractivity contribution >= 4 is 5.91 Å². The van der Waals surface area contributed by atoms with Crippen LogP contribution in [0, 0.1) is 11.7 Å². The fraction of sp³-hybridized carbons (Fsp3) is 0.478. The van der Waals surface area contributed by atoms with Crippen molar-refractivity contribution in [2.75, 3.05) is 32.8 Å². The number of amides is 1. The van der Waals surface area contributed by atoms with E-state index in [9.17, 15) is 9.18 Å². The van der Waals surface area contributed by atoms with Gasteiger partial charge in [-0.05, 0) is 48.1 Å². The molecule has 1 aromatic heterocycles. The number of halogens is 1. The average molecular weight is 395 g/mol. The van der Waals surface area contributed by atoms with Crippen LogP contribution in [-0.2, 0) is 16.1 Å². The fourth-order valence-electron chi connectivity index (χ4n) is 4.76. The van der Waals surface area contributed by atoms with Gasteiger partial charge in [0.05, 0.1) is 6.61 Å². The van der Waals surface area contributed by atoms with Gasteiger partial charge >= 0.3 is 0 Å². The summed E-state index contributed by atoms with van der Waals surface area (Å²) >= 11 is 0. The molecule has 3 aliphatic rings. The van der Waals surface area contributed by atoms with E-state index in [1.54, 1.807) is 6.20 Å². The summed E-state index contributed by atoms with van der Waals surface area (Å²) in [7, 11) is 0. The van der Waals surface area contributed by atoms with Gasteiger partial charge in [-0.3, -0.25) is 14.7 Å². The Balaban J connectivity index is 1.43. The van der Waals surface area contributed by atoms with E-state index in [0.29, 0.717) is 38.7 Å². The number of carbonyl (C=O) groups is 1. The molecule has 3 fully saturated rings. The molecular weight excluding hydrogens is 369 g/mol. The first kappa shape index (κ1) is 18.7. The number of carbonyl (C=O) groups excluding carboxylic acids is 1. The Morgan fingerprint density at radius 2 is 2.03 bits per heavy atom. The van der Waals surface area contributed by atoms with Crippen LogP contribution in [0.5, 0.6) is 0 Å². The molecule has 0 bridgehead atoms. The molecular formula is C23H26FN3O2. The molecule has 2 aliphatic heterocycles. The summed E-state index contributed by atoms with van der Waals surface area (Å²) in [6.45, 7) is 4.02. The van der Waals surface area contributed by atoms with Gasteiger partial charge < -0.3 is 9.64 Å². The number of nitrogens with zero attached hydrogens (tertiary/aromatic N) is 3. The van der Waals surface area contributed by atoms with Crippen LogP contribution < -0.4 is 0 Å². The van der Waals surface area contributed by atoms with Crippen LogP contribution >= 0.6 is 0 Å². The number of rotatable bonds is 5. The summed E-state index contributed by atoms with van der Waals surface area (Å²) in [6, 6.07) is 10.5. The lowest BCUT2D eigenvalue weighted by molar-refractivity contribution is -0.172. The van der Waals surface area contributed by atoms with Gasteiger partial charge in [0, 0.05) is 51.0 Å². The molecule has 2 atom stereocenters. The molecule has 5 nitrogen and oxygen atoms in total. The first-order valence-electron chi connectivity index (χ1n) is 10.4. The highest BCUT2D eigenvalue weighted by Gasteiger charge is 2.57. The molecule has 6 heteroatoms. The lowest BCUT2D eigenvalue weighted by atomic mass is 9.83. The molecule has 29 heavy (non-hydrogen) atoms. The molecule has 2 unspecified atom stereocenters. The number of morpholine rings is 1. The number of aromatic nitrogens is 1. The molecule has 152 valence electrons. The second-order valence-corrected chi connectivity index (χ2v) is 8.57. The number of benzene rings is 1. The maximum absolute atomic E-state index is 13.6. The Bertz CT molecular complexity index is 871. The molecule has 3 heterocycles. The highest BCUT2D eigenvalue weighted by atomic mass is 19.1. The van der Waals surface area contributed by atoms with Crippen LogP contribution in [0.3, 0.4) is 0 Å². The first-order chi connectivity index (χ1) is 14.1. The molecule has 5 rings (SSSR count). The molecule has 2 aromatic rings. The van der Waals surface area contributed by atoms with E-state index in [0.717, 1.165) is 17.7 Å². The highest BCUT2D eigenvalue weighted by molar-refractivity contribution is 5.88. The number of hydrogen-bond donors (Lipinski definition) is 0. The summed E-state index contributed by atoms with van der Waals surface area (Å²) in [5.41, 5.74) is 1.21. The Morgan fingerprint density at radius 3 is 2.76 bits per heavy atom. The molecule has 0 radical (unpaired) electrons. The SMILES string of the molecule is O=C1N(CC2CC2)CCOC12CN(Cc1ccc(F)cc1)CC2c1cccnc1. The summed E-state index contributed by atoms with van der Waals surface area (Å²) < 4.78 is 19.6. The molecule has 1 aliphatic carbocycles. The van der Waals surface area contributed by atoms with Crippen LogP contribution in [0.25, 0.3) is 0 Å². The third kappa shape index (κ3) is 3.67. The Labute approximate surface area is 170 Å². The number of pyridine rings is 1. The van der Waals surface area contributed by atoms with E-state index in [-0.39, 0.29) is 17.6 Å². The van der Waals surface area contributed by atoms with Gasteiger partial charge in [-0.1, -0.05) is 18.2 Å². The summed E-state index contributed by atoms with van der Waals surface area (Å²) in [6.07, 6.45) is 6.05. The number of hydrogen-bond acceptors (Lipinski definition) is 4. The lowest BCUT2D eigenvalue weighted by Crippen LogP contribution is -2.60. The zero-order valence-electron chi connectivity index (χ0n) is 16.5. The van der Waals surface area contributed by atoms with E-state index in [1.807, 2.05) is 35.4 Å². The van der Waals surface area contributed by atoms with Crippen molar-refractivity contribution in [1.82, 2.24) is 14.8 Å². The Kier molecular flexibility index (Phi) is 4.84. The van der Waals surface area contributed by atoms with Gasteiger partial charge in [0.2, 0.25) is 0 Å². The minimum Gasteiger partial charge on any atom is -0.361 e. The second kappa shape index (κ2) is 7.50. The molecule has 0 N–H and O–H groups in total. The minimum absolute atomic E-state index is 0.0637. The normalized spacial score (nSPS) is 27.7. The highest BCUT2D eigenvalue weighted by Crippen LogP contribution is 2.43. The maximum atomic E-state index is 13.6. The zero-order valence-corrected chi connectivity index (χ0v) is 16.5. The summed E-state index contributed by atoms with van der Waals surface area (Å²) in [4.78, 5) is 22.2. The van der Waals surface area contributed by atoms with E-state index in [1.165, 1.54) is 25.0 Å². The van der Waals surface area contributed by atoms with E-state index >= 15 is 0 Å². The lowest BCUT2D eigenvalue weighted by Gasteiger charge is -2.42. The first-order valence-corrected chi connectivity index (χ1v) is 10.4.